The third-order valence-electron chi connectivity index (χ3n) is 4.04. The Bertz CT molecular complexity index is 576. The number of hydrogen-bond donors (Lipinski definition) is 3. The van der Waals surface area contributed by atoms with E-state index in [1.165, 1.54) is 12.1 Å². The van der Waals surface area contributed by atoms with Crippen molar-refractivity contribution >= 4 is 6.03 Å². The van der Waals surface area contributed by atoms with E-state index in [4.69, 9.17) is 0 Å². The lowest BCUT2D eigenvalue weighted by molar-refractivity contribution is 0.129. The minimum Gasteiger partial charge on any atom is -0.393 e. The van der Waals surface area contributed by atoms with Gasteiger partial charge in [-0.25, -0.2) is 13.6 Å². The first kappa shape index (κ1) is 17.7. The van der Waals surface area contributed by atoms with Gasteiger partial charge in [-0.1, -0.05) is 19.9 Å². The second kappa shape index (κ2) is 6.83. The van der Waals surface area contributed by atoms with Crippen LogP contribution in [0.25, 0.3) is 0 Å². The quantitative estimate of drug-likeness (QED) is 0.753. The lowest BCUT2D eigenvalue weighted by Crippen LogP contribution is -2.42. The van der Waals surface area contributed by atoms with Crippen LogP contribution in [0.3, 0.4) is 0 Å². The third-order valence-corrected chi connectivity index (χ3v) is 4.04. The van der Waals surface area contributed by atoms with Gasteiger partial charge in [0.2, 0.25) is 0 Å². The molecule has 0 saturated heterocycles. The summed E-state index contributed by atoms with van der Waals surface area (Å²) in [6.07, 6.45) is 0.803. The minimum absolute atomic E-state index is 0.105. The molecule has 0 unspecified atom stereocenters. The van der Waals surface area contributed by atoms with E-state index >= 15 is 0 Å². The van der Waals surface area contributed by atoms with Crippen molar-refractivity contribution in [3.63, 3.8) is 0 Å². The summed E-state index contributed by atoms with van der Waals surface area (Å²) in [5.74, 6) is -1.28. The number of amides is 2. The molecule has 4 nitrogen and oxygen atoms in total. The van der Waals surface area contributed by atoms with Crippen molar-refractivity contribution in [3.8, 4) is 0 Å². The van der Waals surface area contributed by atoms with E-state index in [0.717, 1.165) is 6.07 Å². The average Bonchev–Trinajstić information content (AvgIpc) is 3.14. The summed E-state index contributed by atoms with van der Waals surface area (Å²) in [6.45, 7) is 6.08. The molecule has 1 aliphatic rings. The smallest absolute Gasteiger partial charge is 0.315 e. The van der Waals surface area contributed by atoms with E-state index in [1.54, 1.807) is 6.92 Å². The normalized spacial score (nSPS) is 21.7. The average molecular weight is 326 g/mol. The molecule has 0 aromatic heterocycles. The molecule has 0 heterocycles. The van der Waals surface area contributed by atoms with Gasteiger partial charge in [-0.05, 0) is 36.8 Å². The molecule has 0 radical (unpaired) electrons. The molecule has 6 heteroatoms. The Morgan fingerprint density at radius 1 is 1.43 bits per heavy atom. The monoisotopic (exact) mass is 326 g/mol. The number of aliphatic hydroxyl groups excluding tert-OH is 1. The number of hydrogen-bond acceptors (Lipinski definition) is 2. The molecule has 0 bridgehead atoms. The Morgan fingerprint density at radius 2 is 2.13 bits per heavy atom. The molecule has 2 rings (SSSR count). The summed E-state index contributed by atoms with van der Waals surface area (Å²) in [4.78, 5) is 11.9. The first-order chi connectivity index (χ1) is 10.7. The zero-order valence-corrected chi connectivity index (χ0v) is 13.7. The predicted molar refractivity (Wildman–Crippen MR) is 84.1 cm³/mol. The predicted octanol–water partition coefficient (Wildman–Crippen LogP) is 2.92. The third kappa shape index (κ3) is 5.16. The van der Waals surface area contributed by atoms with Crippen molar-refractivity contribution < 1.29 is 18.7 Å². The number of carbonyl (C=O) groups excluding carboxylic acids is 1. The van der Waals surface area contributed by atoms with Crippen LogP contribution in [0.2, 0.25) is 0 Å². The highest BCUT2D eigenvalue weighted by atomic mass is 19.1. The number of halogens is 2. The van der Waals surface area contributed by atoms with E-state index in [0.29, 0.717) is 24.9 Å². The van der Waals surface area contributed by atoms with Crippen LogP contribution in [0, 0.1) is 17.0 Å². The standard InChI is InChI=1S/C17H24F2N2O2/c1-10(22)8-17(2,3)9-20-16(23)21-15-7-13(15)12-5-4-11(18)6-14(12)19/h4-6,10,13,15,22H,7-9H2,1-3H3,(H2,20,21,23)/t10-,13+,15-/m0/s1. The molecule has 1 aromatic rings. The Labute approximate surface area is 135 Å². The summed E-state index contributed by atoms with van der Waals surface area (Å²) in [6, 6.07) is 3.09. The summed E-state index contributed by atoms with van der Waals surface area (Å²) in [5.41, 5.74) is 0.225. The molecule has 3 N–H and O–H groups in total. The van der Waals surface area contributed by atoms with Gasteiger partial charge in [-0.2, -0.15) is 0 Å². The molecule has 0 aliphatic heterocycles. The van der Waals surface area contributed by atoms with Crippen LogP contribution in [0.1, 0.15) is 45.1 Å². The van der Waals surface area contributed by atoms with E-state index in [2.05, 4.69) is 10.6 Å². The second-order valence-electron chi connectivity index (χ2n) is 7.16. The molecule has 1 saturated carbocycles. The molecular formula is C17H24F2N2O2. The highest BCUT2D eigenvalue weighted by Crippen LogP contribution is 2.41. The van der Waals surface area contributed by atoms with Crippen LogP contribution in [0.4, 0.5) is 13.6 Å². The van der Waals surface area contributed by atoms with Gasteiger partial charge >= 0.3 is 6.03 Å². The highest BCUT2D eigenvalue weighted by Gasteiger charge is 2.41. The number of rotatable bonds is 6. The molecule has 3 atom stereocenters. The number of carbonyl (C=O) groups is 1. The van der Waals surface area contributed by atoms with Crippen LogP contribution in [-0.2, 0) is 0 Å². The molecule has 1 aromatic carbocycles. The Hall–Kier alpha value is -1.69. The SMILES string of the molecule is C[C@H](O)CC(C)(C)CNC(=O)N[C@H]1C[C@@H]1c1ccc(F)cc1F. The molecule has 1 fully saturated rings. The molecular weight excluding hydrogens is 302 g/mol. The highest BCUT2D eigenvalue weighted by molar-refractivity contribution is 5.75. The van der Waals surface area contributed by atoms with Gasteiger partial charge in [-0.3, -0.25) is 0 Å². The summed E-state index contributed by atoms with van der Waals surface area (Å²) < 4.78 is 26.6. The number of urea groups is 1. The van der Waals surface area contributed by atoms with Crippen LogP contribution >= 0.6 is 0 Å². The van der Waals surface area contributed by atoms with Crippen molar-refractivity contribution in [3.05, 3.63) is 35.4 Å². The Morgan fingerprint density at radius 3 is 2.74 bits per heavy atom. The molecule has 128 valence electrons. The van der Waals surface area contributed by atoms with Crippen molar-refractivity contribution in [1.82, 2.24) is 10.6 Å². The molecule has 1 aliphatic carbocycles. The maximum atomic E-state index is 13.7. The largest absolute Gasteiger partial charge is 0.393 e. The van der Waals surface area contributed by atoms with Gasteiger partial charge < -0.3 is 15.7 Å². The van der Waals surface area contributed by atoms with Crippen LogP contribution in [0.15, 0.2) is 18.2 Å². The van der Waals surface area contributed by atoms with Crippen molar-refractivity contribution in [2.24, 2.45) is 5.41 Å². The number of nitrogens with one attached hydrogen (secondary N) is 2. The topological polar surface area (TPSA) is 61.4 Å². The molecule has 2 amide bonds. The Kier molecular flexibility index (Phi) is 5.24. The van der Waals surface area contributed by atoms with E-state index in [-0.39, 0.29) is 23.4 Å². The zero-order chi connectivity index (χ0) is 17.2. The summed E-state index contributed by atoms with van der Waals surface area (Å²) in [7, 11) is 0. The van der Waals surface area contributed by atoms with Crippen molar-refractivity contribution in [2.45, 2.75) is 51.7 Å². The zero-order valence-electron chi connectivity index (χ0n) is 13.7. The van der Waals surface area contributed by atoms with Gasteiger partial charge in [0.15, 0.2) is 0 Å². The fraction of sp³-hybridized carbons (Fsp3) is 0.588. The van der Waals surface area contributed by atoms with E-state index in [9.17, 15) is 18.7 Å². The van der Waals surface area contributed by atoms with Gasteiger partial charge in [0.1, 0.15) is 11.6 Å². The lowest BCUT2D eigenvalue weighted by Gasteiger charge is -2.26. The van der Waals surface area contributed by atoms with Crippen molar-refractivity contribution in [1.29, 1.82) is 0 Å². The van der Waals surface area contributed by atoms with Crippen molar-refractivity contribution in [2.75, 3.05) is 6.54 Å². The number of benzene rings is 1. The van der Waals surface area contributed by atoms with Gasteiger partial charge in [0.25, 0.3) is 0 Å². The fourth-order valence-corrected chi connectivity index (χ4v) is 2.91. The minimum atomic E-state index is -0.602. The first-order valence-corrected chi connectivity index (χ1v) is 7.85. The maximum Gasteiger partial charge on any atom is 0.315 e. The lowest BCUT2D eigenvalue weighted by atomic mass is 9.87. The molecule has 23 heavy (non-hydrogen) atoms. The first-order valence-electron chi connectivity index (χ1n) is 7.85. The van der Waals surface area contributed by atoms with Gasteiger partial charge in [0, 0.05) is 24.6 Å². The van der Waals surface area contributed by atoms with E-state index in [1.807, 2.05) is 13.8 Å². The number of aliphatic hydroxyl groups is 1. The van der Waals surface area contributed by atoms with Crippen LogP contribution < -0.4 is 10.6 Å². The maximum absolute atomic E-state index is 13.7. The molecule has 0 spiro atoms. The van der Waals surface area contributed by atoms with Gasteiger partial charge in [-0.15, -0.1) is 0 Å². The van der Waals surface area contributed by atoms with E-state index < -0.39 is 17.7 Å². The van der Waals surface area contributed by atoms with Gasteiger partial charge in [0.05, 0.1) is 6.10 Å². The summed E-state index contributed by atoms with van der Waals surface area (Å²) in [5, 5.41) is 15.0. The van der Waals surface area contributed by atoms with Crippen LogP contribution in [0.5, 0.6) is 0 Å². The Balaban J connectivity index is 1.79. The van der Waals surface area contributed by atoms with Crippen LogP contribution in [-0.4, -0.2) is 29.8 Å². The summed E-state index contributed by atoms with van der Waals surface area (Å²) >= 11 is 0. The fourth-order valence-electron chi connectivity index (χ4n) is 2.91. The second-order valence-corrected chi connectivity index (χ2v) is 7.16.